The van der Waals surface area contributed by atoms with Gasteiger partial charge in [0.1, 0.15) is 6.04 Å². The van der Waals surface area contributed by atoms with Crippen LogP contribution in [0.15, 0.2) is 39.5 Å². The topological polar surface area (TPSA) is 63.4 Å². The van der Waals surface area contributed by atoms with Crippen molar-refractivity contribution in [3.05, 3.63) is 56.2 Å². The molecule has 0 saturated heterocycles. The van der Waals surface area contributed by atoms with E-state index in [-0.39, 0.29) is 5.91 Å². The maximum Gasteiger partial charge on any atom is 0.255 e. The van der Waals surface area contributed by atoms with E-state index in [1.165, 1.54) is 11.3 Å². The van der Waals surface area contributed by atoms with Crippen molar-refractivity contribution in [2.75, 3.05) is 0 Å². The molecule has 0 spiro atoms. The van der Waals surface area contributed by atoms with E-state index < -0.39 is 11.9 Å². The minimum absolute atomic E-state index is 0.157. The zero-order chi connectivity index (χ0) is 15.0. The van der Waals surface area contributed by atoms with Crippen LogP contribution in [0, 0.1) is 0 Å². The van der Waals surface area contributed by atoms with Gasteiger partial charge >= 0.3 is 0 Å². The Morgan fingerprint density at radius 1 is 1.29 bits per heavy atom. The van der Waals surface area contributed by atoms with Gasteiger partial charge in [0.25, 0.3) is 5.91 Å². The molecule has 2 N–H and O–H groups in total. The first kappa shape index (κ1) is 14.3. The van der Waals surface area contributed by atoms with E-state index >= 15 is 0 Å². The number of carbonyl (C=O) groups is 2. The van der Waals surface area contributed by atoms with Crippen LogP contribution in [0.3, 0.4) is 0 Å². The molecule has 0 fully saturated rings. The molecule has 1 aliphatic heterocycles. The van der Waals surface area contributed by atoms with Gasteiger partial charge in [-0.15, -0.1) is 11.3 Å². The molecule has 21 heavy (non-hydrogen) atoms. The van der Waals surface area contributed by atoms with Crippen molar-refractivity contribution in [1.29, 1.82) is 0 Å². The molecule has 1 atom stereocenters. The number of hydrogen-bond acceptors (Lipinski definition) is 3. The van der Waals surface area contributed by atoms with Crippen LogP contribution in [0.2, 0.25) is 0 Å². The normalized spacial score (nSPS) is 17.4. The summed E-state index contributed by atoms with van der Waals surface area (Å²) < 4.78 is 0.888. The third-order valence-corrected chi connectivity index (χ3v) is 5.16. The average Bonchev–Trinajstić information content (AvgIpc) is 2.91. The highest BCUT2D eigenvalue weighted by Gasteiger charge is 2.33. The van der Waals surface area contributed by atoms with Gasteiger partial charge in [-0.05, 0) is 33.1 Å². The molecule has 4 nitrogen and oxygen atoms in total. The van der Waals surface area contributed by atoms with E-state index in [4.69, 9.17) is 5.73 Å². The summed E-state index contributed by atoms with van der Waals surface area (Å²) in [7, 11) is 0. The molecule has 0 unspecified atom stereocenters. The summed E-state index contributed by atoms with van der Waals surface area (Å²) >= 11 is 4.80. The second kappa shape index (κ2) is 5.61. The quantitative estimate of drug-likeness (QED) is 0.889. The van der Waals surface area contributed by atoms with Crippen molar-refractivity contribution in [3.63, 3.8) is 0 Å². The van der Waals surface area contributed by atoms with Gasteiger partial charge in [0, 0.05) is 18.3 Å². The van der Waals surface area contributed by atoms with E-state index in [9.17, 15) is 9.59 Å². The van der Waals surface area contributed by atoms with E-state index in [2.05, 4.69) is 15.9 Å². The molecule has 0 saturated carbocycles. The fraction of sp³-hybridized carbons (Fsp3) is 0.200. The van der Waals surface area contributed by atoms with Crippen molar-refractivity contribution in [3.8, 4) is 0 Å². The third-order valence-electron chi connectivity index (χ3n) is 3.65. The summed E-state index contributed by atoms with van der Waals surface area (Å²) in [5, 5.41) is 1.78. The molecule has 108 valence electrons. The number of thiophene rings is 1. The molecule has 0 bridgehead atoms. The third kappa shape index (κ3) is 2.73. The molecule has 1 aromatic carbocycles. The molecule has 1 aromatic heterocycles. The van der Waals surface area contributed by atoms with Gasteiger partial charge in [-0.2, -0.15) is 0 Å². The lowest BCUT2D eigenvalue weighted by Gasteiger charge is -2.35. The van der Waals surface area contributed by atoms with E-state index in [0.717, 1.165) is 14.9 Å². The standard InChI is InChI=1S/C15H13BrN2O2S/c16-13-6-11(8-21-13)15(20)18-7-10-4-2-1-3-9(10)5-12(18)14(17)19/h1-4,6,8,12H,5,7H2,(H2,17,19)/t12-/m0/s1. The number of hydrogen-bond donors (Lipinski definition) is 1. The smallest absolute Gasteiger partial charge is 0.255 e. The number of primary amides is 1. The molecule has 2 heterocycles. The van der Waals surface area contributed by atoms with Crippen LogP contribution < -0.4 is 5.73 Å². The maximum absolute atomic E-state index is 12.6. The summed E-state index contributed by atoms with van der Waals surface area (Å²) in [5.74, 6) is -0.623. The number of benzene rings is 1. The van der Waals surface area contributed by atoms with Crippen LogP contribution in [-0.2, 0) is 17.8 Å². The van der Waals surface area contributed by atoms with E-state index in [1.807, 2.05) is 24.3 Å². The monoisotopic (exact) mass is 364 g/mol. The zero-order valence-corrected chi connectivity index (χ0v) is 13.5. The summed E-state index contributed by atoms with van der Waals surface area (Å²) in [4.78, 5) is 25.9. The summed E-state index contributed by atoms with van der Waals surface area (Å²) in [5.41, 5.74) is 8.23. The van der Waals surface area contributed by atoms with E-state index in [1.54, 1.807) is 16.3 Å². The molecule has 0 aliphatic carbocycles. The average molecular weight is 365 g/mol. The van der Waals surface area contributed by atoms with Crippen molar-refractivity contribution < 1.29 is 9.59 Å². The second-order valence-corrected chi connectivity index (χ2v) is 7.25. The Morgan fingerprint density at radius 2 is 2.00 bits per heavy atom. The van der Waals surface area contributed by atoms with Crippen LogP contribution in [0.5, 0.6) is 0 Å². The fourth-order valence-corrected chi connectivity index (χ4v) is 3.71. The fourth-order valence-electron chi connectivity index (χ4n) is 2.58. The number of carbonyl (C=O) groups excluding carboxylic acids is 2. The minimum Gasteiger partial charge on any atom is -0.368 e. The highest BCUT2D eigenvalue weighted by atomic mass is 79.9. The Balaban J connectivity index is 1.96. The molecule has 6 heteroatoms. The highest BCUT2D eigenvalue weighted by Crippen LogP contribution is 2.27. The van der Waals surface area contributed by atoms with Gasteiger partial charge in [0.15, 0.2) is 0 Å². The zero-order valence-electron chi connectivity index (χ0n) is 11.1. The number of nitrogens with zero attached hydrogens (tertiary/aromatic N) is 1. The molecule has 2 amide bonds. The Hall–Kier alpha value is -1.66. The van der Waals surface area contributed by atoms with Crippen molar-refractivity contribution in [1.82, 2.24) is 4.90 Å². The first-order valence-electron chi connectivity index (χ1n) is 6.47. The second-order valence-electron chi connectivity index (χ2n) is 4.96. The lowest BCUT2D eigenvalue weighted by molar-refractivity contribution is -0.122. The van der Waals surface area contributed by atoms with Crippen molar-refractivity contribution in [2.45, 2.75) is 19.0 Å². The Morgan fingerprint density at radius 3 is 2.62 bits per heavy atom. The lowest BCUT2D eigenvalue weighted by Crippen LogP contribution is -2.51. The molecule has 1 aliphatic rings. The van der Waals surface area contributed by atoms with E-state index in [0.29, 0.717) is 18.5 Å². The predicted octanol–water partition coefficient (Wildman–Crippen LogP) is 2.56. The van der Waals surface area contributed by atoms with Gasteiger partial charge in [-0.1, -0.05) is 24.3 Å². The number of rotatable bonds is 2. The van der Waals surface area contributed by atoms with Crippen molar-refractivity contribution in [2.24, 2.45) is 5.73 Å². The van der Waals surface area contributed by atoms with Gasteiger partial charge in [0.2, 0.25) is 5.91 Å². The number of nitrogens with two attached hydrogens (primary N) is 1. The number of amides is 2. The van der Waals surface area contributed by atoms with Crippen LogP contribution in [0.25, 0.3) is 0 Å². The van der Waals surface area contributed by atoms with Crippen LogP contribution in [-0.4, -0.2) is 22.8 Å². The molecule has 2 aromatic rings. The first-order chi connectivity index (χ1) is 10.1. The molecule has 3 rings (SSSR count). The maximum atomic E-state index is 12.6. The molecular weight excluding hydrogens is 352 g/mol. The highest BCUT2D eigenvalue weighted by molar-refractivity contribution is 9.11. The SMILES string of the molecule is NC(=O)[C@@H]1Cc2ccccc2CN1C(=O)c1csc(Br)c1. The first-order valence-corrected chi connectivity index (χ1v) is 8.14. The largest absolute Gasteiger partial charge is 0.368 e. The van der Waals surface area contributed by atoms with Crippen LogP contribution in [0.4, 0.5) is 0 Å². The van der Waals surface area contributed by atoms with Crippen LogP contribution >= 0.6 is 27.3 Å². The number of halogens is 1. The van der Waals surface area contributed by atoms with Gasteiger partial charge in [-0.25, -0.2) is 0 Å². The minimum atomic E-state index is -0.592. The Labute approximate surface area is 134 Å². The number of fused-ring (bicyclic) bond motifs is 1. The predicted molar refractivity (Wildman–Crippen MR) is 85.0 cm³/mol. The van der Waals surface area contributed by atoms with Crippen molar-refractivity contribution >= 4 is 39.1 Å². The molecule has 0 radical (unpaired) electrons. The summed E-state index contributed by atoms with van der Waals surface area (Å²) in [6, 6.07) is 9.01. The molecular formula is C15H13BrN2O2S. The van der Waals surface area contributed by atoms with Crippen LogP contribution in [0.1, 0.15) is 21.5 Å². The lowest BCUT2D eigenvalue weighted by atomic mass is 9.93. The van der Waals surface area contributed by atoms with Gasteiger partial charge in [0.05, 0.1) is 9.35 Å². The Bertz CT molecular complexity index is 713. The van der Waals surface area contributed by atoms with Gasteiger partial charge < -0.3 is 10.6 Å². The summed E-state index contributed by atoms with van der Waals surface area (Å²) in [6.07, 6.45) is 0.475. The summed E-state index contributed by atoms with van der Waals surface area (Å²) in [6.45, 7) is 0.413. The van der Waals surface area contributed by atoms with Gasteiger partial charge in [-0.3, -0.25) is 9.59 Å². The Kier molecular flexibility index (Phi) is 3.82.